The molecule has 0 saturated carbocycles. The summed E-state index contributed by atoms with van der Waals surface area (Å²) in [6.45, 7) is 1.94. The number of aromatic nitrogens is 5. The maximum atomic E-state index is 10.9. The number of imidazole rings is 1. The Bertz CT molecular complexity index is 1250. The van der Waals surface area contributed by atoms with Crippen LogP contribution in [0.3, 0.4) is 0 Å². The van der Waals surface area contributed by atoms with Gasteiger partial charge in [0.25, 0.3) is 0 Å². The molecule has 0 saturated heterocycles. The minimum absolute atomic E-state index is 0.00533. The second-order valence-electron chi connectivity index (χ2n) is 6.60. The van der Waals surface area contributed by atoms with E-state index in [0.717, 1.165) is 11.1 Å². The number of hydrogen-bond acceptors (Lipinski definition) is 8. The zero-order chi connectivity index (χ0) is 22.0. The fourth-order valence-electron chi connectivity index (χ4n) is 3.24. The third kappa shape index (κ3) is 4.10. The van der Waals surface area contributed by atoms with Gasteiger partial charge in [-0.05, 0) is 30.7 Å². The third-order valence-corrected chi connectivity index (χ3v) is 4.93. The Kier molecular flexibility index (Phi) is 5.89. The lowest BCUT2D eigenvalue weighted by molar-refractivity contribution is 0.391. The van der Waals surface area contributed by atoms with Gasteiger partial charge in [0.2, 0.25) is 0 Å². The van der Waals surface area contributed by atoms with Crippen LogP contribution < -0.4 is 14.2 Å². The van der Waals surface area contributed by atoms with Gasteiger partial charge in [0.05, 0.1) is 32.7 Å². The molecular weight excluding hydrogens is 420 g/mol. The molecule has 3 aromatic heterocycles. The molecule has 1 atom stereocenters. The van der Waals surface area contributed by atoms with Crippen LogP contribution in [0, 0.1) is 6.92 Å². The lowest BCUT2D eigenvalue weighted by Gasteiger charge is -2.16. The largest absolute Gasteiger partial charge is 0.760 e. The van der Waals surface area contributed by atoms with Crippen molar-refractivity contribution < 1.29 is 18.2 Å². The minimum Gasteiger partial charge on any atom is -0.760 e. The summed E-state index contributed by atoms with van der Waals surface area (Å²) in [7, 11) is 3.13. The summed E-state index contributed by atoms with van der Waals surface area (Å²) in [5, 5.41) is 0. The first-order valence-corrected chi connectivity index (χ1v) is 10.3. The molecule has 0 spiro atoms. The monoisotopic (exact) mass is 439 g/mol. The van der Waals surface area contributed by atoms with Crippen LogP contribution in [0.25, 0.3) is 28.4 Å². The Labute approximate surface area is 180 Å². The van der Waals surface area contributed by atoms with Crippen LogP contribution in [0.5, 0.6) is 11.5 Å². The molecule has 31 heavy (non-hydrogen) atoms. The van der Waals surface area contributed by atoms with Crippen LogP contribution in [0.4, 0.5) is 0 Å². The summed E-state index contributed by atoms with van der Waals surface area (Å²) in [5.41, 5.74) is 3.56. The minimum atomic E-state index is -2.42. The third-order valence-electron chi connectivity index (χ3n) is 4.55. The highest BCUT2D eigenvalue weighted by atomic mass is 32.2. The highest BCUT2D eigenvalue weighted by molar-refractivity contribution is 7.77. The second kappa shape index (κ2) is 8.76. The number of aryl methyl sites for hydroxylation is 1. The molecule has 1 N–H and O–H groups in total. The molecule has 0 amide bonds. The predicted molar refractivity (Wildman–Crippen MR) is 113 cm³/mol. The summed E-state index contributed by atoms with van der Waals surface area (Å²) in [5.74, 6) is 1.64. The van der Waals surface area contributed by atoms with Crippen LogP contribution >= 0.6 is 0 Å². The number of hydrogen-bond donors (Lipinski definition) is 1. The Morgan fingerprint density at radius 1 is 1.13 bits per heavy atom. The fourth-order valence-corrected chi connectivity index (χ4v) is 3.51. The molecule has 0 radical (unpaired) electrons. The van der Waals surface area contributed by atoms with Crippen LogP contribution in [0.2, 0.25) is 0 Å². The van der Waals surface area contributed by atoms with Gasteiger partial charge in [-0.15, -0.1) is 0 Å². The van der Waals surface area contributed by atoms with Crippen LogP contribution in [-0.2, 0) is 17.8 Å². The van der Waals surface area contributed by atoms with Crippen molar-refractivity contribution in [2.75, 3.05) is 14.2 Å². The Balaban J connectivity index is 2.04. The number of nitrogens with zero attached hydrogens (tertiary/aromatic N) is 5. The molecule has 160 valence electrons. The van der Waals surface area contributed by atoms with Crippen molar-refractivity contribution in [2.45, 2.75) is 13.5 Å². The van der Waals surface area contributed by atoms with Crippen LogP contribution in [0.15, 0.2) is 42.9 Å². The van der Waals surface area contributed by atoms with E-state index in [0.29, 0.717) is 40.0 Å². The molecule has 0 fully saturated rings. The molecule has 1 unspecified atom stereocenters. The number of fused-ring (bicyclic) bond motifs is 1. The smallest absolute Gasteiger partial charge is 0.198 e. The normalized spacial score (nSPS) is 12.1. The molecule has 0 aliphatic carbocycles. The fraction of sp³-hybridized carbons (Fsp3) is 0.200. The molecule has 0 bridgehead atoms. The maximum absolute atomic E-state index is 10.9. The number of benzene rings is 1. The topological polar surface area (TPSA) is 127 Å². The summed E-state index contributed by atoms with van der Waals surface area (Å²) in [4.78, 5) is 18.0. The lowest BCUT2D eigenvalue weighted by Crippen LogP contribution is -2.17. The predicted octanol–water partition coefficient (Wildman–Crippen LogP) is 2.09. The summed E-state index contributed by atoms with van der Waals surface area (Å²) in [6, 6.07) is 7.39. The Hall–Kier alpha value is -3.41. The van der Waals surface area contributed by atoms with Gasteiger partial charge in [-0.25, -0.2) is 19.7 Å². The zero-order valence-electron chi connectivity index (χ0n) is 17.0. The van der Waals surface area contributed by atoms with Crippen LogP contribution in [0.1, 0.15) is 11.3 Å². The first-order chi connectivity index (χ1) is 15.0. The number of pyridine rings is 1. The molecule has 10 nitrogen and oxygen atoms in total. The van der Waals surface area contributed by atoms with E-state index in [1.165, 1.54) is 6.20 Å². The van der Waals surface area contributed by atoms with Crippen molar-refractivity contribution >= 4 is 22.6 Å². The van der Waals surface area contributed by atoms with E-state index in [2.05, 4.69) is 24.7 Å². The van der Waals surface area contributed by atoms with E-state index in [9.17, 15) is 8.76 Å². The average molecular weight is 439 g/mol. The Morgan fingerprint density at radius 2 is 1.87 bits per heavy atom. The van der Waals surface area contributed by atoms with Gasteiger partial charge in [0.1, 0.15) is 17.2 Å². The number of para-hydroxylation sites is 1. The van der Waals surface area contributed by atoms with E-state index in [4.69, 9.17) is 9.47 Å². The van der Waals surface area contributed by atoms with Crippen molar-refractivity contribution in [3.63, 3.8) is 0 Å². The molecule has 0 aliphatic heterocycles. The molecule has 4 rings (SSSR count). The molecule has 1 aromatic carbocycles. The van der Waals surface area contributed by atoms with Gasteiger partial charge in [0.15, 0.2) is 17.1 Å². The van der Waals surface area contributed by atoms with E-state index in [1.807, 2.05) is 19.1 Å². The summed E-state index contributed by atoms with van der Waals surface area (Å²) in [6.07, 6.45) is 4.94. The van der Waals surface area contributed by atoms with E-state index < -0.39 is 11.3 Å². The van der Waals surface area contributed by atoms with Crippen molar-refractivity contribution in [2.24, 2.45) is 0 Å². The quantitative estimate of drug-likeness (QED) is 0.434. The van der Waals surface area contributed by atoms with Gasteiger partial charge < -0.3 is 14.0 Å². The number of nitrogens with one attached hydrogen (secondary N) is 1. The summed E-state index contributed by atoms with van der Waals surface area (Å²) < 4.78 is 37.1. The van der Waals surface area contributed by atoms with Gasteiger partial charge in [-0.2, -0.15) is 0 Å². The van der Waals surface area contributed by atoms with Gasteiger partial charge >= 0.3 is 0 Å². The summed E-state index contributed by atoms with van der Waals surface area (Å²) >= 11 is -2.42. The number of ether oxygens (including phenoxy) is 2. The molecular formula is C20H19N6O4S-. The highest BCUT2D eigenvalue weighted by Gasteiger charge is 2.23. The van der Waals surface area contributed by atoms with Gasteiger partial charge in [0, 0.05) is 29.2 Å². The molecule has 4 aromatic rings. The second-order valence-corrected chi connectivity index (χ2v) is 7.36. The molecule has 11 heteroatoms. The number of rotatable bonds is 7. The van der Waals surface area contributed by atoms with Gasteiger partial charge in [-0.3, -0.25) is 13.8 Å². The van der Waals surface area contributed by atoms with Crippen molar-refractivity contribution in [1.29, 1.82) is 0 Å². The standard InChI is InChI=1S/C20H20N6O4S/c1-12-7-13(9-21-8-12)19-25-18-20(24-14(10-22-18)11-23-31(27)28)26(19)17-15(29-2)5-4-6-16(17)30-3/h4-10,23H,11H2,1-3H3,(H,27,28)/p-1. The first kappa shape index (κ1) is 20.8. The van der Waals surface area contributed by atoms with Crippen molar-refractivity contribution in [3.05, 3.63) is 54.1 Å². The zero-order valence-corrected chi connectivity index (χ0v) is 17.8. The molecule has 0 aliphatic rings. The van der Waals surface area contributed by atoms with Gasteiger partial charge in [-0.1, -0.05) is 6.07 Å². The van der Waals surface area contributed by atoms with Crippen LogP contribution in [-0.4, -0.2) is 47.5 Å². The first-order valence-electron chi connectivity index (χ1n) is 9.22. The van der Waals surface area contributed by atoms with E-state index in [1.54, 1.807) is 43.3 Å². The van der Waals surface area contributed by atoms with E-state index >= 15 is 0 Å². The Morgan fingerprint density at radius 3 is 2.52 bits per heavy atom. The van der Waals surface area contributed by atoms with E-state index in [-0.39, 0.29) is 6.54 Å². The van der Waals surface area contributed by atoms with Crippen molar-refractivity contribution in [3.8, 4) is 28.6 Å². The highest BCUT2D eigenvalue weighted by Crippen LogP contribution is 2.37. The SMILES string of the molecule is COc1cccc(OC)c1-n1c(-c2cncc(C)c2)nc2ncc(CNS(=O)[O-])nc21. The van der Waals surface area contributed by atoms with Crippen molar-refractivity contribution in [1.82, 2.24) is 29.2 Å². The molecule has 3 heterocycles. The number of methoxy groups -OCH3 is 2. The average Bonchev–Trinajstić information content (AvgIpc) is 3.15. The lowest BCUT2D eigenvalue weighted by atomic mass is 10.2. The maximum Gasteiger partial charge on any atom is 0.198 e.